The number of hydrogen-bond acceptors (Lipinski definition) is 2. The molecule has 0 spiro atoms. The summed E-state index contributed by atoms with van der Waals surface area (Å²) in [6, 6.07) is 0.461. The predicted molar refractivity (Wildman–Crippen MR) is 46.2 cm³/mol. The molecule has 58 valence electrons. The van der Waals surface area contributed by atoms with E-state index in [2.05, 4.69) is 37.5 Å². The molecule has 0 amide bonds. The minimum absolute atomic E-state index is 0.461. The summed E-state index contributed by atoms with van der Waals surface area (Å²) in [5, 5.41) is 3.11. The van der Waals surface area contributed by atoms with Crippen molar-refractivity contribution in [1.82, 2.24) is 5.32 Å². The molecule has 0 radical (unpaired) electrons. The number of nitrogens with zero attached hydrogens (tertiary/aromatic N) is 1. The zero-order valence-electron chi connectivity index (χ0n) is 6.85. The first kappa shape index (κ1) is 9.21. The summed E-state index contributed by atoms with van der Waals surface area (Å²) in [4.78, 5) is 3.66. The van der Waals surface area contributed by atoms with Crippen molar-refractivity contribution in [3.63, 3.8) is 0 Å². The van der Waals surface area contributed by atoms with Gasteiger partial charge in [0, 0.05) is 6.04 Å². The van der Waals surface area contributed by atoms with Gasteiger partial charge in [-0.05, 0) is 20.1 Å². The van der Waals surface area contributed by atoms with Gasteiger partial charge in [-0.3, -0.25) is 0 Å². The molecule has 1 atom stereocenters. The molecule has 0 aliphatic heterocycles. The summed E-state index contributed by atoms with van der Waals surface area (Å²) in [7, 11) is 0. The van der Waals surface area contributed by atoms with E-state index in [0.29, 0.717) is 11.9 Å². The van der Waals surface area contributed by atoms with Crippen molar-refractivity contribution in [2.45, 2.75) is 32.7 Å². The van der Waals surface area contributed by atoms with Crippen LogP contribution in [0, 0.1) is 0 Å². The van der Waals surface area contributed by atoms with Crippen LogP contribution in [0.3, 0.4) is 0 Å². The molecule has 1 unspecified atom stereocenters. The zero-order valence-corrected chi connectivity index (χ0v) is 6.85. The highest BCUT2D eigenvalue weighted by atomic mass is 15.0. The van der Waals surface area contributed by atoms with Gasteiger partial charge in [-0.25, -0.2) is 4.99 Å². The van der Waals surface area contributed by atoms with Gasteiger partial charge in [0.15, 0.2) is 0 Å². The third-order valence-electron chi connectivity index (χ3n) is 1.33. The summed E-state index contributed by atoms with van der Waals surface area (Å²) in [6.45, 7) is 11.3. The molecule has 10 heavy (non-hydrogen) atoms. The van der Waals surface area contributed by atoms with Gasteiger partial charge in [0.05, 0.1) is 0 Å². The van der Waals surface area contributed by atoms with Crippen LogP contribution >= 0.6 is 0 Å². The molecule has 0 heterocycles. The molecular weight excluding hydrogens is 124 g/mol. The second-order valence-corrected chi connectivity index (χ2v) is 2.44. The van der Waals surface area contributed by atoms with Crippen molar-refractivity contribution < 1.29 is 0 Å². The van der Waals surface area contributed by atoms with Crippen LogP contribution in [0.5, 0.6) is 0 Å². The maximum absolute atomic E-state index is 3.66. The Morgan fingerprint density at radius 1 is 1.70 bits per heavy atom. The molecule has 2 heteroatoms. The first-order chi connectivity index (χ1) is 4.70. The minimum atomic E-state index is 0.461. The van der Waals surface area contributed by atoms with E-state index >= 15 is 0 Å². The Bertz CT molecular complexity index is 118. The Labute approximate surface area is 63.0 Å². The Hall–Kier alpha value is -0.790. The van der Waals surface area contributed by atoms with E-state index in [-0.39, 0.29) is 0 Å². The summed E-state index contributed by atoms with van der Waals surface area (Å²) in [6.07, 6.45) is 2.33. The lowest BCUT2D eigenvalue weighted by atomic mass is 10.2. The Morgan fingerprint density at radius 3 is 2.70 bits per heavy atom. The molecule has 0 aliphatic carbocycles. The fraction of sp³-hybridized carbons (Fsp3) is 0.625. The average molecular weight is 140 g/mol. The maximum Gasteiger partial charge on any atom is 0.118 e. The molecule has 0 bridgehead atoms. The standard InChI is InChI=1S/C8H16N2/c1-5-6-7(2)10-8(3)9-4/h7,10H,3-6H2,1-2H3. The summed E-state index contributed by atoms with van der Waals surface area (Å²) in [5.74, 6) is 0.668. The van der Waals surface area contributed by atoms with Gasteiger partial charge in [-0.2, -0.15) is 0 Å². The molecule has 0 aromatic carbocycles. The van der Waals surface area contributed by atoms with E-state index in [9.17, 15) is 0 Å². The van der Waals surface area contributed by atoms with Crippen molar-refractivity contribution in [1.29, 1.82) is 0 Å². The fourth-order valence-corrected chi connectivity index (χ4v) is 0.835. The number of nitrogens with one attached hydrogen (secondary N) is 1. The van der Waals surface area contributed by atoms with Crippen LogP contribution in [0.15, 0.2) is 17.4 Å². The quantitative estimate of drug-likeness (QED) is 0.580. The minimum Gasteiger partial charge on any atom is -0.368 e. The van der Waals surface area contributed by atoms with Crippen LogP contribution in [0.1, 0.15) is 26.7 Å². The van der Waals surface area contributed by atoms with Crippen molar-refractivity contribution in [3.8, 4) is 0 Å². The van der Waals surface area contributed by atoms with Crippen LogP contribution in [0.25, 0.3) is 0 Å². The number of hydrogen-bond donors (Lipinski definition) is 1. The molecule has 0 aromatic rings. The lowest BCUT2D eigenvalue weighted by Gasteiger charge is -2.12. The normalized spacial score (nSPS) is 12.2. The third kappa shape index (κ3) is 4.13. The van der Waals surface area contributed by atoms with Crippen LogP contribution in [-0.4, -0.2) is 12.8 Å². The van der Waals surface area contributed by atoms with E-state index in [1.54, 1.807) is 0 Å². The van der Waals surface area contributed by atoms with Crippen molar-refractivity contribution >= 4 is 6.72 Å². The zero-order chi connectivity index (χ0) is 7.98. The van der Waals surface area contributed by atoms with Crippen LogP contribution in [0.2, 0.25) is 0 Å². The molecule has 0 aromatic heterocycles. The molecule has 0 saturated heterocycles. The smallest absolute Gasteiger partial charge is 0.118 e. The maximum atomic E-state index is 3.66. The van der Waals surface area contributed by atoms with E-state index in [1.807, 2.05) is 0 Å². The lowest BCUT2D eigenvalue weighted by Crippen LogP contribution is -2.23. The molecule has 1 N–H and O–H groups in total. The average Bonchev–Trinajstić information content (AvgIpc) is 1.88. The van der Waals surface area contributed by atoms with Crippen molar-refractivity contribution in [2.24, 2.45) is 4.99 Å². The summed E-state index contributed by atoms with van der Waals surface area (Å²) in [5.41, 5.74) is 0. The largest absolute Gasteiger partial charge is 0.368 e. The second-order valence-electron chi connectivity index (χ2n) is 2.44. The predicted octanol–water partition coefficient (Wildman–Crippen LogP) is 1.94. The third-order valence-corrected chi connectivity index (χ3v) is 1.33. The fourth-order valence-electron chi connectivity index (χ4n) is 0.835. The highest BCUT2D eigenvalue weighted by Gasteiger charge is 1.97. The monoisotopic (exact) mass is 140 g/mol. The number of aliphatic imine (C=N–C) groups is 1. The van der Waals surface area contributed by atoms with Crippen molar-refractivity contribution in [3.05, 3.63) is 12.4 Å². The Balaban J connectivity index is 3.46. The Kier molecular flexibility index (Phi) is 4.63. The summed E-state index contributed by atoms with van der Waals surface area (Å²) < 4.78 is 0. The van der Waals surface area contributed by atoms with E-state index in [4.69, 9.17) is 0 Å². The van der Waals surface area contributed by atoms with Crippen molar-refractivity contribution in [2.75, 3.05) is 0 Å². The van der Waals surface area contributed by atoms with Gasteiger partial charge in [0.25, 0.3) is 0 Å². The van der Waals surface area contributed by atoms with Gasteiger partial charge in [-0.15, -0.1) is 0 Å². The van der Waals surface area contributed by atoms with E-state index in [0.717, 1.165) is 6.42 Å². The second kappa shape index (κ2) is 5.03. The van der Waals surface area contributed by atoms with Crippen LogP contribution in [0.4, 0.5) is 0 Å². The lowest BCUT2D eigenvalue weighted by molar-refractivity contribution is 0.558. The van der Waals surface area contributed by atoms with Crippen LogP contribution in [-0.2, 0) is 0 Å². The first-order valence-electron chi connectivity index (χ1n) is 3.62. The number of rotatable bonds is 5. The van der Waals surface area contributed by atoms with E-state index in [1.165, 1.54) is 6.42 Å². The Morgan fingerprint density at radius 2 is 2.30 bits per heavy atom. The van der Waals surface area contributed by atoms with Gasteiger partial charge < -0.3 is 5.32 Å². The first-order valence-corrected chi connectivity index (χ1v) is 3.62. The molecule has 2 nitrogen and oxygen atoms in total. The van der Waals surface area contributed by atoms with Gasteiger partial charge in [-0.1, -0.05) is 19.9 Å². The SMILES string of the molecule is C=NC(=C)NC(C)CCC. The van der Waals surface area contributed by atoms with Crippen LogP contribution < -0.4 is 5.32 Å². The molecule has 0 rings (SSSR count). The van der Waals surface area contributed by atoms with Gasteiger partial charge in [0.1, 0.15) is 5.82 Å². The van der Waals surface area contributed by atoms with E-state index < -0.39 is 0 Å². The highest BCUT2D eigenvalue weighted by molar-refractivity contribution is 5.27. The highest BCUT2D eigenvalue weighted by Crippen LogP contribution is 1.97. The topological polar surface area (TPSA) is 24.4 Å². The van der Waals surface area contributed by atoms with Gasteiger partial charge >= 0.3 is 0 Å². The summed E-state index contributed by atoms with van der Waals surface area (Å²) >= 11 is 0. The molecule has 0 saturated carbocycles. The molecular formula is C8H16N2. The molecule has 0 aliphatic rings. The van der Waals surface area contributed by atoms with Gasteiger partial charge in [0.2, 0.25) is 0 Å². The molecule has 0 fully saturated rings.